The van der Waals surface area contributed by atoms with Gasteiger partial charge in [0.15, 0.2) is 0 Å². The van der Waals surface area contributed by atoms with Crippen molar-refractivity contribution < 1.29 is 4.79 Å². The van der Waals surface area contributed by atoms with Gasteiger partial charge in [-0.3, -0.25) is 4.79 Å². The zero-order valence-corrected chi connectivity index (χ0v) is 12.5. The van der Waals surface area contributed by atoms with E-state index in [-0.39, 0.29) is 5.91 Å². The lowest BCUT2D eigenvalue weighted by molar-refractivity contribution is -0.127. The molecule has 0 radical (unpaired) electrons. The second-order valence-corrected chi connectivity index (χ2v) is 8.56. The summed E-state index contributed by atoms with van der Waals surface area (Å²) in [6, 6.07) is 0. The maximum absolute atomic E-state index is 12.0. The number of carbonyl (C=O) groups excluding carboxylic acids is 1. The van der Waals surface area contributed by atoms with Crippen LogP contribution in [0.1, 0.15) is 44.9 Å². The number of rotatable bonds is 4. The van der Waals surface area contributed by atoms with Gasteiger partial charge in [0.05, 0.1) is 0 Å². The summed E-state index contributed by atoms with van der Waals surface area (Å²) in [6.07, 6.45) is 10.3. The van der Waals surface area contributed by atoms with Crippen LogP contribution in [0.5, 0.6) is 0 Å². The molecule has 18 heavy (non-hydrogen) atoms. The van der Waals surface area contributed by atoms with Crippen molar-refractivity contribution in [2.24, 2.45) is 17.3 Å². The van der Waals surface area contributed by atoms with Crippen molar-refractivity contribution in [3.8, 4) is 0 Å². The molecule has 4 aliphatic rings. The van der Waals surface area contributed by atoms with Crippen LogP contribution < -0.4 is 5.32 Å². The molecule has 4 saturated carbocycles. The Morgan fingerprint density at radius 2 is 2.00 bits per heavy atom. The Balaban J connectivity index is 1.71. The molecule has 0 saturated heterocycles. The Morgan fingerprint density at radius 1 is 1.33 bits per heavy atom. The van der Waals surface area contributed by atoms with Crippen molar-refractivity contribution in [2.75, 3.05) is 6.54 Å². The Labute approximate surface area is 118 Å². The van der Waals surface area contributed by atoms with Crippen LogP contribution in [0.25, 0.3) is 0 Å². The van der Waals surface area contributed by atoms with Gasteiger partial charge in [0.25, 0.3) is 0 Å². The number of carbonyl (C=O) groups is 1. The number of alkyl halides is 1. The fourth-order valence-electron chi connectivity index (χ4n) is 5.13. The topological polar surface area (TPSA) is 29.1 Å². The van der Waals surface area contributed by atoms with E-state index in [4.69, 9.17) is 0 Å². The Hall–Kier alpha value is -0.310. The van der Waals surface area contributed by atoms with Gasteiger partial charge in [0, 0.05) is 17.3 Å². The monoisotopic (exact) mass is 311 g/mol. The zero-order chi connectivity index (χ0) is 12.8. The van der Waals surface area contributed by atoms with E-state index in [1.54, 1.807) is 6.08 Å². The molecule has 2 unspecified atom stereocenters. The van der Waals surface area contributed by atoms with Crippen molar-refractivity contribution in [1.29, 1.82) is 0 Å². The molecule has 1 amide bonds. The summed E-state index contributed by atoms with van der Waals surface area (Å²) in [7, 11) is 0. The van der Waals surface area contributed by atoms with E-state index in [1.807, 2.05) is 0 Å². The quantitative estimate of drug-likeness (QED) is 0.625. The Morgan fingerprint density at radius 3 is 2.56 bits per heavy atom. The highest BCUT2D eigenvalue weighted by atomic mass is 79.9. The second-order valence-electron chi connectivity index (χ2n) is 6.88. The highest BCUT2D eigenvalue weighted by Gasteiger charge is 2.57. The molecular weight excluding hydrogens is 290 g/mol. The maximum Gasteiger partial charge on any atom is 0.220 e. The van der Waals surface area contributed by atoms with E-state index in [0.29, 0.717) is 16.3 Å². The van der Waals surface area contributed by atoms with Crippen LogP contribution in [0.3, 0.4) is 0 Å². The number of nitrogens with one attached hydrogen (secondary N) is 1. The fourth-order valence-corrected chi connectivity index (χ4v) is 6.64. The summed E-state index contributed by atoms with van der Waals surface area (Å²) in [6.45, 7) is 4.25. The van der Waals surface area contributed by atoms with Gasteiger partial charge in [-0.25, -0.2) is 0 Å². The molecule has 4 bridgehead atoms. The van der Waals surface area contributed by atoms with E-state index in [1.165, 1.54) is 38.5 Å². The molecule has 0 aromatic heterocycles. The van der Waals surface area contributed by atoms with Gasteiger partial charge in [-0.1, -0.05) is 22.0 Å². The Kier molecular flexibility index (Phi) is 3.08. The van der Waals surface area contributed by atoms with Crippen LogP contribution >= 0.6 is 15.9 Å². The lowest BCUT2D eigenvalue weighted by Crippen LogP contribution is -2.54. The molecule has 4 aliphatic carbocycles. The minimum absolute atomic E-state index is 0.216. The van der Waals surface area contributed by atoms with Gasteiger partial charge in [-0.15, -0.1) is 6.58 Å². The van der Waals surface area contributed by atoms with Gasteiger partial charge in [-0.05, 0) is 55.8 Å². The van der Waals surface area contributed by atoms with Crippen molar-refractivity contribution >= 4 is 21.8 Å². The van der Waals surface area contributed by atoms with Crippen molar-refractivity contribution in [1.82, 2.24) is 5.32 Å². The van der Waals surface area contributed by atoms with E-state index in [2.05, 4.69) is 27.8 Å². The number of amides is 1. The summed E-state index contributed by atoms with van der Waals surface area (Å²) in [4.78, 5) is 12.0. The molecule has 0 aliphatic heterocycles. The molecule has 1 N–H and O–H groups in total. The van der Waals surface area contributed by atoms with E-state index < -0.39 is 0 Å². The van der Waals surface area contributed by atoms with Gasteiger partial charge in [0.1, 0.15) is 0 Å². The molecular formula is C15H22BrNO. The summed E-state index contributed by atoms with van der Waals surface area (Å²) in [5, 5.41) is 2.95. The third-order valence-corrected chi connectivity index (χ3v) is 6.02. The lowest BCUT2D eigenvalue weighted by Gasteiger charge is -2.60. The van der Waals surface area contributed by atoms with Gasteiger partial charge in [-0.2, -0.15) is 0 Å². The highest BCUT2D eigenvalue weighted by Crippen LogP contribution is 2.65. The van der Waals surface area contributed by atoms with Gasteiger partial charge < -0.3 is 5.32 Å². The van der Waals surface area contributed by atoms with Crippen molar-refractivity contribution in [3.63, 3.8) is 0 Å². The molecule has 100 valence electrons. The Bertz CT molecular complexity index is 365. The molecule has 2 nitrogen and oxygen atoms in total. The van der Waals surface area contributed by atoms with Crippen molar-refractivity contribution in [3.05, 3.63) is 12.7 Å². The van der Waals surface area contributed by atoms with Gasteiger partial charge in [0.2, 0.25) is 5.91 Å². The SMILES string of the molecule is C=CCNC(=O)CC12CC3CC(CC(Br)(C3)C1)C2. The van der Waals surface area contributed by atoms with E-state index >= 15 is 0 Å². The maximum atomic E-state index is 12.0. The molecule has 0 heterocycles. The summed E-state index contributed by atoms with van der Waals surface area (Å²) < 4.78 is 0.357. The summed E-state index contributed by atoms with van der Waals surface area (Å²) >= 11 is 3.99. The molecule has 0 aromatic rings. The molecule has 3 heteroatoms. The lowest BCUT2D eigenvalue weighted by atomic mass is 9.48. The average Bonchev–Trinajstić information content (AvgIpc) is 2.21. The van der Waals surface area contributed by atoms with Crippen LogP contribution in [-0.2, 0) is 4.79 Å². The molecule has 4 fully saturated rings. The minimum atomic E-state index is 0.216. The smallest absolute Gasteiger partial charge is 0.220 e. The first-order chi connectivity index (χ1) is 8.53. The second kappa shape index (κ2) is 4.36. The van der Waals surface area contributed by atoms with E-state index in [0.717, 1.165) is 18.3 Å². The number of hydrogen-bond acceptors (Lipinski definition) is 1. The first-order valence-electron chi connectivity index (χ1n) is 7.09. The first-order valence-corrected chi connectivity index (χ1v) is 7.88. The normalized spacial score (nSPS) is 44.9. The average molecular weight is 312 g/mol. The standard InChI is InChI=1S/C15H22BrNO/c1-2-3-17-13(18)9-14-5-11-4-12(6-14)8-15(16,7-11)10-14/h2,11-12H,1,3-10H2,(H,17,18). The van der Waals surface area contributed by atoms with Crippen molar-refractivity contribution in [2.45, 2.75) is 49.3 Å². The van der Waals surface area contributed by atoms with Crippen LogP contribution in [0.4, 0.5) is 0 Å². The predicted molar refractivity (Wildman–Crippen MR) is 76.6 cm³/mol. The van der Waals surface area contributed by atoms with Gasteiger partial charge >= 0.3 is 0 Å². The predicted octanol–water partition coefficient (Wildman–Crippen LogP) is 3.41. The zero-order valence-electron chi connectivity index (χ0n) is 10.9. The molecule has 0 spiro atoms. The molecule has 4 rings (SSSR count). The highest BCUT2D eigenvalue weighted by molar-refractivity contribution is 9.10. The third-order valence-electron chi connectivity index (χ3n) is 5.09. The van der Waals surface area contributed by atoms with Crippen LogP contribution in [0.2, 0.25) is 0 Å². The first kappa shape index (κ1) is 12.7. The van der Waals surface area contributed by atoms with E-state index in [9.17, 15) is 4.79 Å². The van der Waals surface area contributed by atoms with Crippen LogP contribution in [-0.4, -0.2) is 16.8 Å². The largest absolute Gasteiger partial charge is 0.353 e. The summed E-state index contributed by atoms with van der Waals surface area (Å²) in [5.74, 6) is 1.93. The number of halogens is 1. The third kappa shape index (κ3) is 2.26. The number of hydrogen-bond donors (Lipinski definition) is 1. The molecule has 2 atom stereocenters. The van der Waals surface area contributed by atoms with Crippen LogP contribution in [0.15, 0.2) is 12.7 Å². The molecule has 0 aromatic carbocycles. The minimum Gasteiger partial charge on any atom is -0.353 e. The fraction of sp³-hybridized carbons (Fsp3) is 0.800. The van der Waals surface area contributed by atoms with Crippen LogP contribution in [0, 0.1) is 17.3 Å². The summed E-state index contributed by atoms with van der Waals surface area (Å²) in [5.41, 5.74) is 0.291.